The molecule has 1 aliphatic rings. The Bertz CT molecular complexity index is 835. The van der Waals surface area contributed by atoms with Crippen LogP contribution in [0, 0.1) is 13.8 Å². The van der Waals surface area contributed by atoms with Gasteiger partial charge >= 0.3 is 0 Å². The summed E-state index contributed by atoms with van der Waals surface area (Å²) in [5, 5.41) is 0. The second-order valence-electron chi connectivity index (χ2n) is 6.88. The smallest absolute Gasteiger partial charge is 0.226 e. The molecule has 0 unspecified atom stereocenters. The molecule has 26 heavy (non-hydrogen) atoms. The van der Waals surface area contributed by atoms with Crippen LogP contribution in [-0.4, -0.2) is 54.5 Å². The van der Waals surface area contributed by atoms with E-state index in [2.05, 4.69) is 16.8 Å². The Labute approximate surface area is 155 Å². The van der Waals surface area contributed by atoms with Crippen molar-refractivity contribution in [1.82, 2.24) is 14.2 Å². The number of sulfonamides is 1. The highest BCUT2D eigenvalue weighted by Crippen LogP contribution is 2.23. The largest absolute Gasteiger partial charge is 0.441 e. The third kappa shape index (κ3) is 4.34. The van der Waals surface area contributed by atoms with Crippen LogP contribution in [0.5, 0.6) is 0 Å². The zero-order valence-corrected chi connectivity index (χ0v) is 16.6. The summed E-state index contributed by atoms with van der Waals surface area (Å²) in [6.07, 6.45) is 0.655. The van der Waals surface area contributed by atoms with Crippen LogP contribution in [0.1, 0.15) is 30.4 Å². The predicted molar refractivity (Wildman–Crippen MR) is 102 cm³/mol. The van der Waals surface area contributed by atoms with Gasteiger partial charge in [-0.25, -0.2) is 13.4 Å². The fourth-order valence-corrected chi connectivity index (χ4v) is 4.65. The number of nitrogens with zero attached hydrogens (tertiary/aromatic N) is 3. The van der Waals surface area contributed by atoms with Crippen LogP contribution >= 0.6 is 0 Å². The number of aromatic nitrogens is 1. The molecule has 1 aromatic carbocycles. The number of hydrogen-bond acceptors (Lipinski definition) is 5. The zero-order chi connectivity index (χ0) is 18.7. The van der Waals surface area contributed by atoms with Gasteiger partial charge in [0.05, 0.1) is 11.4 Å². The summed E-state index contributed by atoms with van der Waals surface area (Å²) in [4.78, 5) is 6.90. The van der Waals surface area contributed by atoms with Crippen LogP contribution in [0.15, 0.2) is 28.7 Å². The van der Waals surface area contributed by atoms with E-state index in [1.165, 1.54) is 5.56 Å². The second kappa shape index (κ2) is 7.90. The fourth-order valence-electron chi connectivity index (χ4n) is 3.16. The van der Waals surface area contributed by atoms with E-state index in [0.29, 0.717) is 31.9 Å². The van der Waals surface area contributed by atoms with Gasteiger partial charge in [0, 0.05) is 38.3 Å². The molecule has 1 aromatic heterocycles. The minimum Gasteiger partial charge on any atom is -0.441 e. The molecule has 1 aliphatic heterocycles. The van der Waals surface area contributed by atoms with Crippen LogP contribution in [0.4, 0.5) is 0 Å². The standard InChI is InChI=1S/C19H27N3O3S/c1-4-13-26(23,24)22-11-9-21(10-12-22)14-18-16(3)25-19(20-18)17-7-5-15(2)6-8-17/h5-8H,4,9-14H2,1-3H3. The number of rotatable bonds is 6. The summed E-state index contributed by atoms with van der Waals surface area (Å²) in [6.45, 7) is 9.09. The minimum atomic E-state index is -3.10. The minimum absolute atomic E-state index is 0.231. The maximum atomic E-state index is 12.2. The van der Waals surface area contributed by atoms with E-state index >= 15 is 0 Å². The highest BCUT2D eigenvalue weighted by molar-refractivity contribution is 7.89. The van der Waals surface area contributed by atoms with Crippen LogP contribution in [0.3, 0.4) is 0 Å². The topological polar surface area (TPSA) is 66.7 Å². The van der Waals surface area contributed by atoms with E-state index in [4.69, 9.17) is 4.42 Å². The van der Waals surface area contributed by atoms with Crippen LogP contribution < -0.4 is 0 Å². The molecule has 2 heterocycles. The average Bonchev–Trinajstić information content (AvgIpc) is 2.97. The highest BCUT2D eigenvalue weighted by atomic mass is 32.2. The van der Waals surface area contributed by atoms with Crippen molar-refractivity contribution >= 4 is 10.0 Å². The number of oxazole rings is 1. The second-order valence-corrected chi connectivity index (χ2v) is 8.97. The first-order chi connectivity index (χ1) is 12.4. The Morgan fingerprint density at radius 3 is 2.35 bits per heavy atom. The molecule has 0 bridgehead atoms. The maximum absolute atomic E-state index is 12.2. The summed E-state index contributed by atoms with van der Waals surface area (Å²) in [6, 6.07) is 8.12. The zero-order valence-electron chi connectivity index (χ0n) is 15.7. The summed E-state index contributed by atoms with van der Waals surface area (Å²) < 4.78 is 31.8. The molecular weight excluding hydrogens is 350 g/mol. The normalized spacial score (nSPS) is 16.9. The van der Waals surface area contributed by atoms with Crippen molar-refractivity contribution in [2.24, 2.45) is 0 Å². The van der Waals surface area contributed by atoms with Crippen molar-refractivity contribution in [3.8, 4) is 11.5 Å². The first-order valence-electron chi connectivity index (χ1n) is 9.12. The molecule has 1 fully saturated rings. The lowest BCUT2D eigenvalue weighted by Gasteiger charge is -2.33. The van der Waals surface area contributed by atoms with Gasteiger partial charge in [0.15, 0.2) is 0 Å². The van der Waals surface area contributed by atoms with E-state index in [0.717, 1.165) is 30.1 Å². The van der Waals surface area contributed by atoms with Gasteiger partial charge in [0.25, 0.3) is 0 Å². The molecule has 0 atom stereocenters. The molecule has 0 saturated carbocycles. The maximum Gasteiger partial charge on any atom is 0.226 e. The van der Waals surface area contributed by atoms with Gasteiger partial charge in [-0.15, -0.1) is 0 Å². The molecule has 0 spiro atoms. The van der Waals surface area contributed by atoms with Crippen LogP contribution in [0.2, 0.25) is 0 Å². The van der Waals surface area contributed by atoms with Gasteiger partial charge in [-0.05, 0) is 32.4 Å². The van der Waals surface area contributed by atoms with E-state index in [-0.39, 0.29) is 5.75 Å². The molecule has 142 valence electrons. The van der Waals surface area contributed by atoms with E-state index < -0.39 is 10.0 Å². The van der Waals surface area contributed by atoms with Gasteiger partial charge in [0.2, 0.25) is 15.9 Å². The monoisotopic (exact) mass is 377 g/mol. The van der Waals surface area contributed by atoms with Crippen LogP contribution in [-0.2, 0) is 16.6 Å². The Morgan fingerprint density at radius 1 is 1.08 bits per heavy atom. The van der Waals surface area contributed by atoms with Crippen molar-refractivity contribution in [3.63, 3.8) is 0 Å². The lowest BCUT2D eigenvalue weighted by atomic mass is 10.1. The molecule has 6 nitrogen and oxygen atoms in total. The number of benzene rings is 1. The van der Waals surface area contributed by atoms with E-state index in [1.807, 2.05) is 38.1 Å². The highest BCUT2D eigenvalue weighted by Gasteiger charge is 2.27. The third-order valence-electron chi connectivity index (χ3n) is 4.75. The molecule has 2 aromatic rings. The third-order valence-corrected chi connectivity index (χ3v) is 6.83. The van der Waals surface area contributed by atoms with Crippen LogP contribution in [0.25, 0.3) is 11.5 Å². The lowest BCUT2D eigenvalue weighted by molar-refractivity contribution is 0.179. The van der Waals surface area contributed by atoms with Gasteiger partial charge in [-0.3, -0.25) is 4.90 Å². The molecule has 0 aliphatic carbocycles. The Hall–Kier alpha value is -1.70. The fraction of sp³-hybridized carbons (Fsp3) is 0.526. The van der Waals surface area contributed by atoms with Crippen molar-refractivity contribution in [3.05, 3.63) is 41.3 Å². The Morgan fingerprint density at radius 2 is 1.73 bits per heavy atom. The van der Waals surface area contributed by atoms with Gasteiger partial charge in [0.1, 0.15) is 5.76 Å². The average molecular weight is 378 g/mol. The summed E-state index contributed by atoms with van der Waals surface area (Å²) in [5.41, 5.74) is 3.10. The molecule has 1 saturated heterocycles. The van der Waals surface area contributed by atoms with Gasteiger partial charge in [-0.2, -0.15) is 4.31 Å². The van der Waals surface area contributed by atoms with E-state index in [1.54, 1.807) is 4.31 Å². The first kappa shape index (κ1) is 19.1. The SMILES string of the molecule is CCCS(=O)(=O)N1CCN(Cc2nc(-c3ccc(C)cc3)oc2C)CC1. The molecule has 3 rings (SSSR count). The van der Waals surface area contributed by atoms with Gasteiger partial charge < -0.3 is 4.42 Å². The number of aryl methyl sites for hydroxylation is 2. The lowest BCUT2D eigenvalue weighted by Crippen LogP contribution is -2.48. The summed E-state index contributed by atoms with van der Waals surface area (Å²) in [5.74, 6) is 1.69. The summed E-state index contributed by atoms with van der Waals surface area (Å²) >= 11 is 0. The van der Waals surface area contributed by atoms with Gasteiger partial charge in [-0.1, -0.05) is 24.6 Å². The van der Waals surface area contributed by atoms with Crippen molar-refractivity contribution in [1.29, 1.82) is 0 Å². The van der Waals surface area contributed by atoms with Crippen molar-refractivity contribution < 1.29 is 12.8 Å². The quantitative estimate of drug-likeness (QED) is 0.774. The molecule has 0 amide bonds. The van der Waals surface area contributed by atoms with Crippen molar-refractivity contribution in [2.45, 2.75) is 33.7 Å². The predicted octanol–water partition coefficient (Wildman–Crippen LogP) is 2.82. The molecular formula is C19H27N3O3S. The Kier molecular flexibility index (Phi) is 5.79. The summed E-state index contributed by atoms with van der Waals surface area (Å²) in [7, 11) is -3.10. The van der Waals surface area contributed by atoms with E-state index in [9.17, 15) is 8.42 Å². The Balaban J connectivity index is 1.63. The first-order valence-corrected chi connectivity index (χ1v) is 10.7. The molecule has 0 N–H and O–H groups in total. The molecule has 0 radical (unpaired) electrons. The molecule has 7 heteroatoms. The number of piperazine rings is 1. The van der Waals surface area contributed by atoms with Crippen molar-refractivity contribution in [2.75, 3.05) is 31.9 Å². The number of hydrogen-bond donors (Lipinski definition) is 0.